The van der Waals surface area contributed by atoms with Crippen LogP contribution in [-0.2, 0) is 28.6 Å². The molecule has 0 aliphatic rings. The van der Waals surface area contributed by atoms with E-state index < -0.39 is 0 Å². The number of hydrogen-bond donors (Lipinski definition) is 0. The molecule has 0 atom stereocenters. The van der Waals surface area contributed by atoms with Gasteiger partial charge in [0.05, 0.1) is 13.2 Å². The van der Waals surface area contributed by atoms with Gasteiger partial charge in [0.15, 0.2) is 0 Å². The van der Waals surface area contributed by atoms with E-state index in [1.165, 1.54) is 155 Å². The lowest BCUT2D eigenvalue weighted by Gasteiger charge is -2.18. The largest absolute Gasteiger partial charge is 0.466 e. The minimum atomic E-state index is -0.173. The summed E-state index contributed by atoms with van der Waals surface area (Å²) in [5.41, 5.74) is 0. The van der Waals surface area contributed by atoms with E-state index in [-0.39, 0.29) is 24.0 Å². The summed E-state index contributed by atoms with van der Waals surface area (Å²) in [6.07, 6.45) is 47.4. The van der Waals surface area contributed by atoms with Gasteiger partial charge in [-0.05, 0) is 117 Å². The van der Waals surface area contributed by atoms with Gasteiger partial charge in [0.2, 0.25) is 0 Å². The molecule has 316 valence electrons. The molecule has 0 unspecified atom stereocenters. The lowest BCUT2D eigenvalue weighted by Crippen LogP contribution is -2.20. The average Bonchev–Trinajstić information content (AvgIpc) is 3.12. The molecule has 7 nitrogen and oxygen atoms in total. The zero-order chi connectivity index (χ0) is 39.6. The second-order valence-corrected chi connectivity index (χ2v) is 15.9. The highest BCUT2D eigenvalue weighted by Gasteiger charge is 2.14. The number of hydrogen-bond acceptors (Lipinski definition) is 7. The Hall–Kier alpha value is -2.15. The monoisotopic (exact) mass is 762 g/mol. The number of nitrogens with zero attached hydrogens (tertiary/aromatic N) is 1. The predicted molar refractivity (Wildman–Crippen MR) is 228 cm³/mol. The third-order valence-electron chi connectivity index (χ3n) is 10.1. The van der Waals surface area contributed by atoms with E-state index in [9.17, 15) is 14.4 Å². The highest BCUT2D eigenvalue weighted by atomic mass is 16.5. The van der Waals surface area contributed by atoms with E-state index in [2.05, 4.69) is 43.3 Å². The van der Waals surface area contributed by atoms with Crippen LogP contribution < -0.4 is 0 Å². The fourth-order valence-electron chi connectivity index (χ4n) is 6.78. The molecule has 0 rings (SSSR count). The van der Waals surface area contributed by atoms with E-state index in [0.29, 0.717) is 19.6 Å². The van der Waals surface area contributed by atoms with Crippen LogP contribution in [0.3, 0.4) is 0 Å². The summed E-state index contributed by atoms with van der Waals surface area (Å²) >= 11 is 0. The molecule has 0 fully saturated rings. The third kappa shape index (κ3) is 44.2. The topological polar surface area (TPSA) is 82.1 Å². The molecular weight excluding hydrogens is 675 g/mol. The molecule has 0 spiro atoms. The minimum absolute atomic E-state index is 0.0102. The Morgan fingerprint density at radius 1 is 0.444 bits per heavy atom. The van der Waals surface area contributed by atoms with Crippen LogP contribution in [0.1, 0.15) is 219 Å². The van der Waals surface area contributed by atoms with E-state index in [4.69, 9.17) is 14.2 Å². The van der Waals surface area contributed by atoms with E-state index >= 15 is 0 Å². The standard InChI is InChI=1S/C47H87NO6/c1-44(49)52-42-35-31-27-23-19-15-11-7-5-9-13-17-21-25-29-33-38-46(54-47(51)40-37-41-48(3)4)39-34-30-26-22-18-14-10-6-8-12-16-20-24-28-32-36-43-53-45(2)50/h5-8,46H,9-43H2,1-4H3/b7-5-,8-6-. The summed E-state index contributed by atoms with van der Waals surface area (Å²) in [6, 6.07) is 0. The quantitative estimate of drug-likeness (QED) is 0.0265. The molecule has 0 aromatic rings. The number of carbonyl (C=O) groups is 3. The molecule has 7 heteroatoms. The zero-order valence-electron chi connectivity index (χ0n) is 36.0. The van der Waals surface area contributed by atoms with Crippen LogP contribution in [0.25, 0.3) is 0 Å². The molecule has 0 radical (unpaired) electrons. The van der Waals surface area contributed by atoms with Gasteiger partial charge in [0.1, 0.15) is 6.10 Å². The predicted octanol–water partition coefficient (Wildman–Crippen LogP) is 13.2. The molecule has 0 saturated heterocycles. The highest BCUT2D eigenvalue weighted by Crippen LogP contribution is 2.19. The van der Waals surface area contributed by atoms with Crippen molar-refractivity contribution in [3.8, 4) is 0 Å². The number of esters is 3. The smallest absolute Gasteiger partial charge is 0.306 e. The maximum absolute atomic E-state index is 12.6. The van der Waals surface area contributed by atoms with Gasteiger partial charge in [-0.15, -0.1) is 0 Å². The van der Waals surface area contributed by atoms with Gasteiger partial charge in [-0.25, -0.2) is 0 Å². The highest BCUT2D eigenvalue weighted by molar-refractivity contribution is 5.69. The first-order valence-electron chi connectivity index (χ1n) is 22.7. The van der Waals surface area contributed by atoms with Gasteiger partial charge >= 0.3 is 17.9 Å². The molecule has 0 amide bonds. The van der Waals surface area contributed by atoms with Crippen molar-refractivity contribution in [2.24, 2.45) is 0 Å². The number of carbonyl (C=O) groups excluding carboxylic acids is 3. The van der Waals surface area contributed by atoms with Crippen molar-refractivity contribution >= 4 is 17.9 Å². The van der Waals surface area contributed by atoms with Gasteiger partial charge in [-0.1, -0.05) is 127 Å². The van der Waals surface area contributed by atoms with Crippen LogP contribution in [0, 0.1) is 0 Å². The van der Waals surface area contributed by atoms with Crippen LogP contribution in [0.4, 0.5) is 0 Å². The van der Waals surface area contributed by atoms with Gasteiger partial charge in [0, 0.05) is 20.3 Å². The van der Waals surface area contributed by atoms with Crippen molar-refractivity contribution in [3.63, 3.8) is 0 Å². The molecule has 0 aromatic heterocycles. The number of allylic oxidation sites excluding steroid dienone is 4. The first kappa shape index (κ1) is 51.9. The summed E-state index contributed by atoms with van der Waals surface area (Å²) < 4.78 is 16.0. The summed E-state index contributed by atoms with van der Waals surface area (Å²) in [6.45, 7) is 5.01. The van der Waals surface area contributed by atoms with Gasteiger partial charge in [-0.3, -0.25) is 14.4 Å². The average molecular weight is 762 g/mol. The fraction of sp³-hybridized carbons (Fsp3) is 0.851. The zero-order valence-corrected chi connectivity index (χ0v) is 36.0. The van der Waals surface area contributed by atoms with Crippen molar-refractivity contribution < 1.29 is 28.6 Å². The molecule has 0 aliphatic heterocycles. The number of ether oxygens (including phenoxy) is 3. The Morgan fingerprint density at radius 3 is 1.09 bits per heavy atom. The lowest BCUT2D eigenvalue weighted by molar-refractivity contribution is -0.150. The van der Waals surface area contributed by atoms with Crippen LogP contribution in [-0.4, -0.2) is 62.8 Å². The van der Waals surface area contributed by atoms with Gasteiger partial charge in [0.25, 0.3) is 0 Å². The van der Waals surface area contributed by atoms with E-state index in [1.807, 2.05) is 0 Å². The molecule has 0 heterocycles. The summed E-state index contributed by atoms with van der Waals surface area (Å²) in [5, 5.41) is 0. The Labute approximate surface area is 334 Å². The van der Waals surface area contributed by atoms with Crippen molar-refractivity contribution in [1.29, 1.82) is 0 Å². The normalized spacial score (nSPS) is 11.7. The fourth-order valence-corrected chi connectivity index (χ4v) is 6.78. The van der Waals surface area contributed by atoms with E-state index in [1.54, 1.807) is 0 Å². The van der Waals surface area contributed by atoms with Gasteiger partial charge in [-0.2, -0.15) is 0 Å². The first-order valence-corrected chi connectivity index (χ1v) is 22.7. The Bertz CT molecular complexity index is 843. The summed E-state index contributed by atoms with van der Waals surface area (Å²) in [4.78, 5) is 36.2. The van der Waals surface area contributed by atoms with Crippen molar-refractivity contribution in [1.82, 2.24) is 4.90 Å². The van der Waals surface area contributed by atoms with Crippen molar-refractivity contribution in [3.05, 3.63) is 24.3 Å². The van der Waals surface area contributed by atoms with Crippen molar-refractivity contribution in [2.45, 2.75) is 225 Å². The maximum Gasteiger partial charge on any atom is 0.306 e. The Morgan fingerprint density at radius 2 is 0.759 bits per heavy atom. The maximum atomic E-state index is 12.6. The van der Waals surface area contributed by atoms with E-state index in [0.717, 1.165) is 64.3 Å². The first-order chi connectivity index (χ1) is 26.3. The molecule has 54 heavy (non-hydrogen) atoms. The molecule has 0 saturated carbocycles. The lowest BCUT2D eigenvalue weighted by atomic mass is 10.0. The number of unbranched alkanes of at least 4 members (excludes halogenated alkanes) is 24. The van der Waals surface area contributed by atoms with Crippen LogP contribution in [0.15, 0.2) is 24.3 Å². The second-order valence-electron chi connectivity index (χ2n) is 15.9. The van der Waals surface area contributed by atoms with Crippen LogP contribution in [0.2, 0.25) is 0 Å². The summed E-state index contributed by atoms with van der Waals surface area (Å²) in [7, 11) is 4.10. The summed E-state index contributed by atoms with van der Waals surface area (Å²) in [5.74, 6) is -0.356. The Balaban J connectivity index is 3.89. The molecule has 0 aliphatic carbocycles. The molecule has 0 N–H and O–H groups in total. The van der Waals surface area contributed by atoms with Gasteiger partial charge < -0.3 is 19.1 Å². The van der Waals surface area contributed by atoms with Crippen molar-refractivity contribution in [2.75, 3.05) is 33.9 Å². The molecule has 0 bridgehead atoms. The minimum Gasteiger partial charge on any atom is -0.466 e. The second kappa shape index (κ2) is 42.0. The Kier molecular flexibility index (Phi) is 40.3. The molecular formula is C47H87NO6. The molecule has 0 aromatic carbocycles. The number of rotatable bonds is 41. The van der Waals surface area contributed by atoms with Crippen LogP contribution >= 0.6 is 0 Å². The van der Waals surface area contributed by atoms with Crippen LogP contribution in [0.5, 0.6) is 0 Å². The third-order valence-corrected chi connectivity index (χ3v) is 10.1. The SMILES string of the molecule is CC(=O)OCCCCCCCC/C=C\CCCCCCCCC(CCCCCCCC/C=C\CCCCCCCCOC(C)=O)OC(=O)CCCN(C)C.